The summed E-state index contributed by atoms with van der Waals surface area (Å²) in [5, 5.41) is 4.54. The van der Waals surface area contributed by atoms with E-state index in [1.807, 2.05) is 11.8 Å². The topological polar surface area (TPSA) is 12.0 Å². The first-order chi connectivity index (χ1) is 7.72. The Labute approximate surface area is 102 Å². The fourth-order valence-electron chi connectivity index (χ4n) is 2.46. The van der Waals surface area contributed by atoms with Crippen LogP contribution < -0.4 is 5.32 Å². The molecule has 2 aliphatic rings. The van der Waals surface area contributed by atoms with Gasteiger partial charge in [-0.05, 0) is 37.8 Å². The molecule has 0 radical (unpaired) electrons. The molecule has 2 unspecified atom stereocenters. The fourth-order valence-corrected chi connectivity index (χ4v) is 3.67. The van der Waals surface area contributed by atoms with Crippen LogP contribution in [0.25, 0.3) is 0 Å². The summed E-state index contributed by atoms with van der Waals surface area (Å²) in [7, 11) is 0. The van der Waals surface area contributed by atoms with Crippen LogP contribution >= 0.6 is 11.8 Å². The lowest BCUT2D eigenvalue weighted by Crippen LogP contribution is -2.28. The number of benzene rings is 1. The third-order valence-electron chi connectivity index (χ3n) is 3.45. The first-order valence-electron chi connectivity index (χ1n) is 6.25. The quantitative estimate of drug-likeness (QED) is 0.836. The van der Waals surface area contributed by atoms with Gasteiger partial charge < -0.3 is 5.32 Å². The van der Waals surface area contributed by atoms with E-state index in [2.05, 4.69) is 37.4 Å². The smallest absolute Gasteiger partial charge is 0.0344 e. The van der Waals surface area contributed by atoms with E-state index >= 15 is 0 Å². The number of thioether (sulfide) groups is 1. The molecule has 0 saturated heterocycles. The minimum Gasteiger partial charge on any atom is -0.307 e. The lowest BCUT2D eigenvalue weighted by molar-refractivity contribution is 0.482. The third kappa shape index (κ3) is 2.14. The molecule has 16 heavy (non-hydrogen) atoms. The van der Waals surface area contributed by atoms with Crippen molar-refractivity contribution >= 4 is 11.8 Å². The number of hydrogen-bond acceptors (Lipinski definition) is 2. The predicted molar refractivity (Wildman–Crippen MR) is 70.0 cm³/mol. The molecule has 1 heterocycles. The molecule has 1 saturated carbocycles. The van der Waals surface area contributed by atoms with Crippen molar-refractivity contribution in [2.45, 2.75) is 55.3 Å². The Hall–Kier alpha value is -0.470. The van der Waals surface area contributed by atoms with Crippen molar-refractivity contribution < 1.29 is 0 Å². The molecule has 0 amide bonds. The summed E-state index contributed by atoms with van der Waals surface area (Å²) in [5.74, 6) is 0. The maximum Gasteiger partial charge on any atom is 0.0344 e. The van der Waals surface area contributed by atoms with Gasteiger partial charge in [-0.25, -0.2) is 0 Å². The highest BCUT2D eigenvalue weighted by Gasteiger charge is 2.30. The minimum absolute atomic E-state index is 0.596. The van der Waals surface area contributed by atoms with Gasteiger partial charge in [0, 0.05) is 22.2 Å². The average Bonchev–Trinajstić information content (AvgIpc) is 3.03. The highest BCUT2D eigenvalue weighted by atomic mass is 32.2. The first-order valence-corrected chi connectivity index (χ1v) is 7.13. The summed E-state index contributed by atoms with van der Waals surface area (Å²) in [6.45, 7) is 4.53. The van der Waals surface area contributed by atoms with Crippen LogP contribution in [0.1, 0.15) is 43.4 Å². The molecule has 0 spiro atoms. The summed E-state index contributed by atoms with van der Waals surface area (Å²) in [6, 6.07) is 8.30. The van der Waals surface area contributed by atoms with E-state index in [-0.39, 0.29) is 0 Å². The van der Waals surface area contributed by atoms with Crippen molar-refractivity contribution in [3.05, 3.63) is 29.3 Å². The third-order valence-corrected chi connectivity index (χ3v) is 4.67. The second-order valence-corrected chi connectivity index (χ2v) is 6.68. The van der Waals surface area contributed by atoms with E-state index in [0.717, 1.165) is 11.3 Å². The van der Waals surface area contributed by atoms with E-state index in [4.69, 9.17) is 0 Å². The number of hydrogen-bond donors (Lipinski definition) is 1. The largest absolute Gasteiger partial charge is 0.307 e. The molecular weight excluding hydrogens is 214 g/mol. The van der Waals surface area contributed by atoms with Gasteiger partial charge in [0.1, 0.15) is 0 Å². The fraction of sp³-hybridized carbons (Fsp3) is 0.571. The molecule has 1 aliphatic carbocycles. The van der Waals surface area contributed by atoms with Crippen LogP contribution in [0.15, 0.2) is 23.1 Å². The van der Waals surface area contributed by atoms with Crippen molar-refractivity contribution in [2.75, 3.05) is 0 Å². The summed E-state index contributed by atoms with van der Waals surface area (Å²) in [4.78, 5) is 1.49. The molecule has 0 bridgehead atoms. The van der Waals surface area contributed by atoms with Crippen molar-refractivity contribution in [1.82, 2.24) is 5.32 Å². The van der Waals surface area contributed by atoms with Gasteiger partial charge in [0.2, 0.25) is 0 Å². The van der Waals surface area contributed by atoms with Crippen LogP contribution in [0.2, 0.25) is 0 Å². The lowest BCUT2D eigenvalue weighted by atomic mass is 9.99. The van der Waals surface area contributed by atoms with E-state index < -0.39 is 0 Å². The van der Waals surface area contributed by atoms with Crippen molar-refractivity contribution in [1.29, 1.82) is 0 Å². The number of aryl methyl sites for hydroxylation is 1. The predicted octanol–water partition coefficient (Wildman–Crippen LogP) is 3.67. The highest BCUT2D eigenvalue weighted by molar-refractivity contribution is 8.00. The van der Waals surface area contributed by atoms with E-state index in [1.54, 1.807) is 0 Å². The van der Waals surface area contributed by atoms with Crippen molar-refractivity contribution in [3.63, 3.8) is 0 Å². The molecule has 1 aromatic carbocycles. The van der Waals surface area contributed by atoms with Gasteiger partial charge in [0.15, 0.2) is 0 Å². The van der Waals surface area contributed by atoms with Crippen LogP contribution in [0.3, 0.4) is 0 Å². The van der Waals surface area contributed by atoms with Gasteiger partial charge in [-0.1, -0.05) is 24.6 Å². The number of nitrogens with one attached hydrogen (secondary N) is 1. The van der Waals surface area contributed by atoms with Crippen LogP contribution in [-0.2, 0) is 0 Å². The highest BCUT2D eigenvalue weighted by Crippen LogP contribution is 2.42. The lowest BCUT2D eigenvalue weighted by Gasteiger charge is -2.30. The molecule has 1 fully saturated rings. The van der Waals surface area contributed by atoms with E-state index in [1.165, 1.54) is 35.3 Å². The molecule has 1 nitrogen and oxygen atoms in total. The van der Waals surface area contributed by atoms with Crippen LogP contribution in [0.5, 0.6) is 0 Å². The van der Waals surface area contributed by atoms with Gasteiger partial charge >= 0.3 is 0 Å². The summed E-state index contributed by atoms with van der Waals surface area (Å²) in [6.07, 6.45) is 4.02. The van der Waals surface area contributed by atoms with Gasteiger partial charge in [-0.3, -0.25) is 0 Å². The standard InChI is InChI=1S/C14H19NS/c1-9-3-6-14-12(7-9)13(8-10(2)16-14)15-11-4-5-11/h3,6-7,10-11,13,15H,4-5,8H2,1-2H3. The van der Waals surface area contributed by atoms with Gasteiger partial charge in [-0.15, -0.1) is 11.8 Å². The van der Waals surface area contributed by atoms with Crippen LogP contribution in [0, 0.1) is 6.92 Å². The molecule has 3 rings (SSSR count). The van der Waals surface area contributed by atoms with Gasteiger partial charge in [0.25, 0.3) is 0 Å². The molecular formula is C14H19NS. The first kappa shape index (κ1) is 10.7. The molecule has 86 valence electrons. The summed E-state index contributed by atoms with van der Waals surface area (Å²) >= 11 is 2.03. The average molecular weight is 233 g/mol. The molecule has 0 aromatic heterocycles. The van der Waals surface area contributed by atoms with Gasteiger partial charge in [-0.2, -0.15) is 0 Å². The van der Waals surface area contributed by atoms with E-state index in [0.29, 0.717) is 6.04 Å². The molecule has 1 aromatic rings. The second-order valence-electron chi connectivity index (χ2n) is 5.20. The maximum absolute atomic E-state index is 3.79. The Balaban J connectivity index is 1.91. The Bertz CT molecular complexity index is 398. The molecule has 1 N–H and O–H groups in total. The minimum atomic E-state index is 0.596. The second kappa shape index (κ2) is 4.08. The zero-order valence-corrected chi connectivity index (χ0v) is 10.8. The molecule has 2 atom stereocenters. The summed E-state index contributed by atoms with van der Waals surface area (Å²) < 4.78 is 0. The summed E-state index contributed by atoms with van der Waals surface area (Å²) in [5.41, 5.74) is 2.92. The maximum atomic E-state index is 3.79. The van der Waals surface area contributed by atoms with Gasteiger partial charge in [0.05, 0.1) is 0 Å². The number of fused-ring (bicyclic) bond motifs is 1. The zero-order valence-electron chi connectivity index (χ0n) is 9.99. The van der Waals surface area contributed by atoms with Crippen molar-refractivity contribution in [2.24, 2.45) is 0 Å². The SMILES string of the molecule is Cc1ccc2c(c1)C(NC1CC1)CC(C)S2. The normalized spacial score (nSPS) is 28.9. The Morgan fingerprint density at radius 1 is 1.31 bits per heavy atom. The van der Waals surface area contributed by atoms with Crippen LogP contribution in [0.4, 0.5) is 0 Å². The van der Waals surface area contributed by atoms with E-state index in [9.17, 15) is 0 Å². The zero-order chi connectivity index (χ0) is 11.1. The molecule has 2 heteroatoms. The number of rotatable bonds is 2. The van der Waals surface area contributed by atoms with Crippen molar-refractivity contribution in [3.8, 4) is 0 Å². The Morgan fingerprint density at radius 3 is 2.88 bits per heavy atom. The Kier molecular flexibility index (Phi) is 2.72. The monoisotopic (exact) mass is 233 g/mol. The Morgan fingerprint density at radius 2 is 2.12 bits per heavy atom. The van der Waals surface area contributed by atoms with Crippen LogP contribution in [-0.4, -0.2) is 11.3 Å². The molecule has 1 aliphatic heterocycles.